The zero-order chi connectivity index (χ0) is 11.4. The SMILES string of the molecule is CCc1nc(=O)n(CCCBr)c(=O)n1C. The molecule has 0 aliphatic carbocycles. The Morgan fingerprint density at radius 1 is 1.40 bits per heavy atom. The van der Waals surface area contributed by atoms with Crippen LogP contribution in [-0.4, -0.2) is 19.4 Å². The van der Waals surface area contributed by atoms with Crippen LogP contribution >= 0.6 is 15.9 Å². The monoisotopic (exact) mass is 275 g/mol. The summed E-state index contributed by atoms with van der Waals surface area (Å²) in [7, 11) is 1.64. The summed E-state index contributed by atoms with van der Waals surface area (Å²) in [6.07, 6.45) is 1.32. The molecular weight excluding hydrogens is 262 g/mol. The molecule has 84 valence electrons. The van der Waals surface area contributed by atoms with Gasteiger partial charge < -0.3 is 0 Å². The van der Waals surface area contributed by atoms with Crippen molar-refractivity contribution in [2.45, 2.75) is 26.3 Å². The fourth-order valence-corrected chi connectivity index (χ4v) is 1.60. The molecule has 0 N–H and O–H groups in total. The lowest BCUT2D eigenvalue weighted by Crippen LogP contribution is -2.42. The van der Waals surface area contributed by atoms with Crippen LogP contribution in [0.15, 0.2) is 9.59 Å². The van der Waals surface area contributed by atoms with E-state index in [1.54, 1.807) is 7.05 Å². The van der Waals surface area contributed by atoms with Gasteiger partial charge in [-0.2, -0.15) is 4.98 Å². The number of hydrogen-bond acceptors (Lipinski definition) is 3. The second-order valence-electron chi connectivity index (χ2n) is 3.20. The van der Waals surface area contributed by atoms with E-state index >= 15 is 0 Å². The van der Waals surface area contributed by atoms with Gasteiger partial charge in [0, 0.05) is 25.3 Å². The third-order valence-corrected chi connectivity index (χ3v) is 2.75. The van der Waals surface area contributed by atoms with E-state index in [-0.39, 0.29) is 5.69 Å². The Morgan fingerprint density at radius 3 is 2.60 bits per heavy atom. The lowest BCUT2D eigenvalue weighted by atomic mass is 10.4. The highest BCUT2D eigenvalue weighted by molar-refractivity contribution is 9.09. The lowest BCUT2D eigenvalue weighted by molar-refractivity contribution is 0.539. The summed E-state index contributed by atoms with van der Waals surface area (Å²) >= 11 is 3.26. The summed E-state index contributed by atoms with van der Waals surface area (Å²) in [5.74, 6) is 0.528. The number of rotatable bonds is 4. The van der Waals surface area contributed by atoms with Crippen LogP contribution < -0.4 is 11.4 Å². The van der Waals surface area contributed by atoms with Crippen molar-refractivity contribution in [1.29, 1.82) is 0 Å². The Balaban J connectivity index is 3.24. The van der Waals surface area contributed by atoms with Crippen LogP contribution in [0.1, 0.15) is 19.2 Å². The first-order valence-electron chi connectivity index (χ1n) is 4.84. The minimum absolute atomic E-state index is 0.284. The largest absolute Gasteiger partial charge is 0.353 e. The minimum atomic E-state index is -0.448. The van der Waals surface area contributed by atoms with Crippen molar-refractivity contribution in [2.24, 2.45) is 7.05 Å². The van der Waals surface area contributed by atoms with E-state index in [0.717, 1.165) is 11.8 Å². The number of nitrogens with zero attached hydrogens (tertiary/aromatic N) is 3. The lowest BCUT2D eigenvalue weighted by Gasteiger charge is -2.08. The molecule has 0 amide bonds. The van der Waals surface area contributed by atoms with Gasteiger partial charge in [-0.15, -0.1) is 0 Å². The van der Waals surface area contributed by atoms with Gasteiger partial charge in [0.1, 0.15) is 5.82 Å². The molecule has 1 heterocycles. The van der Waals surface area contributed by atoms with Crippen LogP contribution in [0.25, 0.3) is 0 Å². The molecule has 0 radical (unpaired) electrons. The van der Waals surface area contributed by atoms with Gasteiger partial charge >= 0.3 is 11.4 Å². The summed E-state index contributed by atoms with van der Waals surface area (Å²) < 4.78 is 2.59. The Morgan fingerprint density at radius 2 is 2.07 bits per heavy atom. The molecular formula is C9H14BrN3O2. The van der Waals surface area contributed by atoms with Crippen LogP contribution in [0, 0.1) is 0 Å². The first kappa shape index (κ1) is 12.2. The maximum Gasteiger partial charge on any atom is 0.353 e. The van der Waals surface area contributed by atoms with Gasteiger partial charge in [0.2, 0.25) is 0 Å². The molecule has 0 bridgehead atoms. The Labute approximate surface area is 95.9 Å². The van der Waals surface area contributed by atoms with Gasteiger partial charge in [-0.1, -0.05) is 22.9 Å². The van der Waals surface area contributed by atoms with Crippen molar-refractivity contribution < 1.29 is 0 Å². The molecule has 0 spiro atoms. The number of aryl methyl sites for hydroxylation is 1. The maximum atomic E-state index is 11.7. The van der Waals surface area contributed by atoms with Crippen molar-refractivity contribution >= 4 is 15.9 Å². The van der Waals surface area contributed by atoms with E-state index in [1.165, 1.54) is 9.13 Å². The molecule has 0 fully saturated rings. The first-order valence-corrected chi connectivity index (χ1v) is 5.96. The Hall–Kier alpha value is -0.910. The molecule has 0 atom stereocenters. The molecule has 6 heteroatoms. The molecule has 0 saturated heterocycles. The average molecular weight is 276 g/mol. The number of halogens is 1. The standard InChI is InChI=1S/C9H14BrN3O2/c1-3-7-11-8(14)13(6-4-5-10)9(15)12(7)2/h3-6H2,1-2H3. The number of aromatic nitrogens is 3. The van der Waals surface area contributed by atoms with E-state index in [1.807, 2.05) is 6.92 Å². The first-order chi connectivity index (χ1) is 7.11. The normalized spacial score (nSPS) is 10.6. The Bertz CT molecular complexity index is 450. The van der Waals surface area contributed by atoms with Crippen LogP contribution in [-0.2, 0) is 20.0 Å². The zero-order valence-electron chi connectivity index (χ0n) is 8.86. The smallest absolute Gasteiger partial charge is 0.284 e. The third-order valence-electron chi connectivity index (χ3n) is 2.19. The number of alkyl halides is 1. The van der Waals surface area contributed by atoms with Gasteiger partial charge in [0.25, 0.3) is 0 Å². The molecule has 0 aliphatic heterocycles. The molecule has 1 aromatic heterocycles. The maximum absolute atomic E-state index is 11.7. The topological polar surface area (TPSA) is 56.9 Å². The Kier molecular flexibility index (Phi) is 4.26. The van der Waals surface area contributed by atoms with Gasteiger partial charge in [-0.25, -0.2) is 14.2 Å². The molecule has 0 unspecified atom stereocenters. The highest BCUT2D eigenvalue weighted by atomic mass is 79.9. The van der Waals surface area contributed by atoms with Gasteiger partial charge in [-0.3, -0.25) is 4.57 Å². The van der Waals surface area contributed by atoms with E-state index in [4.69, 9.17) is 0 Å². The van der Waals surface area contributed by atoms with Crippen LogP contribution in [0.4, 0.5) is 0 Å². The molecule has 5 nitrogen and oxygen atoms in total. The molecule has 15 heavy (non-hydrogen) atoms. The van der Waals surface area contributed by atoms with Crippen LogP contribution in [0.3, 0.4) is 0 Å². The van der Waals surface area contributed by atoms with Crippen molar-refractivity contribution in [1.82, 2.24) is 14.1 Å². The summed E-state index contributed by atoms with van der Waals surface area (Å²) in [5.41, 5.74) is -0.733. The second-order valence-corrected chi connectivity index (χ2v) is 3.99. The van der Waals surface area contributed by atoms with Crippen LogP contribution in [0.5, 0.6) is 0 Å². The second kappa shape index (κ2) is 5.25. The molecule has 1 rings (SSSR count). The van der Waals surface area contributed by atoms with E-state index in [0.29, 0.717) is 18.8 Å². The fourth-order valence-electron chi connectivity index (χ4n) is 1.34. The summed E-state index contributed by atoms with van der Waals surface area (Å²) in [5, 5.41) is 0.762. The molecule has 0 saturated carbocycles. The fraction of sp³-hybridized carbons (Fsp3) is 0.667. The van der Waals surface area contributed by atoms with Crippen molar-refractivity contribution in [3.8, 4) is 0 Å². The van der Waals surface area contributed by atoms with Crippen molar-refractivity contribution in [3.05, 3.63) is 26.8 Å². The van der Waals surface area contributed by atoms with Gasteiger partial charge in [0.15, 0.2) is 0 Å². The minimum Gasteiger partial charge on any atom is -0.284 e. The third kappa shape index (κ3) is 2.56. The van der Waals surface area contributed by atoms with Crippen LogP contribution in [0.2, 0.25) is 0 Å². The summed E-state index contributed by atoms with van der Waals surface area (Å²) in [6.45, 7) is 2.28. The predicted molar refractivity (Wildman–Crippen MR) is 61.5 cm³/mol. The summed E-state index contributed by atoms with van der Waals surface area (Å²) in [6, 6.07) is 0. The van der Waals surface area contributed by atoms with Gasteiger partial charge in [0.05, 0.1) is 0 Å². The van der Waals surface area contributed by atoms with Crippen molar-refractivity contribution in [2.75, 3.05) is 5.33 Å². The quantitative estimate of drug-likeness (QED) is 0.743. The number of hydrogen-bond donors (Lipinski definition) is 0. The van der Waals surface area contributed by atoms with Crippen molar-refractivity contribution in [3.63, 3.8) is 0 Å². The predicted octanol–water partition coefficient (Wildman–Crippen LogP) is 0.289. The average Bonchev–Trinajstić information content (AvgIpc) is 2.23. The molecule has 1 aromatic rings. The highest BCUT2D eigenvalue weighted by Gasteiger charge is 2.07. The molecule has 0 aromatic carbocycles. The van der Waals surface area contributed by atoms with E-state index in [9.17, 15) is 9.59 Å². The highest BCUT2D eigenvalue weighted by Crippen LogP contribution is 1.90. The zero-order valence-corrected chi connectivity index (χ0v) is 10.5. The van der Waals surface area contributed by atoms with E-state index < -0.39 is 5.69 Å². The summed E-state index contributed by atoms with van der Waals surface area (Å²) in [4.78, 5) is 27.1. The van der Waals surface area contributed by atoms with E-state index in [2.05, 4.69) is 20.9 Å². The van der Waals surface area contributed by atoms with Gasteiger partial charge in [-0.05, 0) is 6.42 Å². The molecule has 0 aliphatic rings.